The summed E-state index contributed by atoms with van der Waals surface area (Å²) in [5, 5.41) is 7.45. The molecule has 0 atom stereocenters. The number of imidazole rings is 1. The molecule has 3 saturated carbocycles. The van der Waals surface area contributed by atoms with Gasteiger partial charge in [0.25, 0.3) is 5.91 Å². The molecular formula is C34H37FN6O4. The van der Waals surface area contributed by atoms with E-state index in [1.807, 2.05) is 28.8 Å². The minimum Gasteiger partial charge on any atom is -0.496 e. The van der Waals surface area contributed by atoms with Crippen molar-refractivity contribution in [2.24, 2.45) is 11.3 Å². The summed E-state index contributed by atoms with van der Waals surface area (Å²) in [4.78, 5) is 35.9. The van der Waals surface area contributed by atoms with Crippen molar-refractivity contribution in [3.8, 4) is 17.0 Å². The molecule has 2 bridgehead atoms. The number of carbonyl (C=O) groups excluding carboxylic acids is 2. The van der Waals surface area contributed by atoms with Crippen molar-refractivity contribution in [2.45, 2.75) is 63.3 Å². The number of rotatable bonds is 8. The molecule has 4 aliphatic rings. The van der Waals surface area contributed by atoms with Gasteiger partial charge >= 0.3 is 0 Å². The number of ether oxygens (including phenoxy) is 2. The first kappa shape index (κ1) is 29.3. The van der Waals surface area contributed by atoms with Gasteiger partial charge in [-0.3, -0.25) is 9.59 Å². The third-order valence-corrected chi connectivity index (χ3v) is 10.4. The lowest BCUT2D eigenvalue weighted by Crippen LogP contribution is -2.50. The lowest BCUT2D eigenvalue weighted by Gasteiger charge is -2.52. The predicted octanol–water partition coefficient (Wildman–Crippen LogP) is 5.04. The van der Waals surface area contributed by atoms with Gasteiger partial charge < -0.3 is 20.5 Å². The maximum atomic E-state index is 13.8. The third-order valence-electron chi connectivity index (χ3n) is 10.4. The Balaban J connectivity index is 1.12. The number of halogens is 1. The van der Waals surface area contributed by atoms with Gasteiger partial charge in [0.15, 0.2) is 5.82 Å². The van der Waals surface area contributed by atoms with Crippen LogP contribution >= 0.6 is 0 Å². The van der Waals surface area contributed by atoms with E-state index in [9.17, 15) is 14.0 Å². The normalized spacial score (nSPS) is 23.2. The average molecular weight is 613 g/mol. The maximum absolute atomic E-state index is 13.8. The molecule has 8 rings (SSSR count). The van der Waals surface area contributed by atoms with Gasteiger partial charge in [-0.15, -0.1) is 0 Å². The van der Waals surface area contributed by atoms with Crippen molar-refractivity contribution >= 4 is 23.0 Å². The molecule has 0 radical (unpaired) electrons. The van der Waals surface area contributed by atoms with Crippen LogP contribution in [0.25, 0.3) is 16.8 Å². The Morgan fingerprint density at radius 1 is 1.07 bits per heavy atom. The minimum atomic E-state index is -0.510. The van der Waals surface area contributed by atoms with Crippen molar-refractivity contribution in [3.63, 3.8) is 0 Å². The Bertz CT molecular complexity index is 1740. The number of Topliss-reactive ketones (excluding diaryl/α,β-unsaturated/α-hetero) is 1. The molecule has 4 fully saturated rings. The average Bonchev–Trinajstić information content (AvgIpc) is 3.50. The Hall–Kier alpha value is -4.38. The monoisotopic (exact) mass is 612 g/mol. The second kappa shape index (κ2) is 11.5. The Morgan fingerprint density at radius 2 is 1.78 bits per heavy atom. The number of amides is 1. The second-order valence-electron chi connectivity index (χ2n) is 12.7. The van der Waals surface area contributed by atoms with Crippen LogP contribution in [0.2, 0.25) is 0 Å². The van der Waals surface area contributed by atoms with E-state index < -0.39 is 11.7 Å². The summed E-state index contributed by atoms with van der Waals surface area (Å²) in [7, 11) is 1.44. The lowest BCUT2D eigenvalue weighted by molar-refractivity contribution is -0.143. The number of nitrogen functional groups attached to an aromatic ring is 1. The Morgan fingerprint density at radius 3 is 2.47 bits per heavy atom. The number of fused-ring (bicyclic) bond motifs is 4. The maximum Gasteiger partial charge on any atom is 0.255 e. The van der Waals surface area contributed by atoms with Crippen LogP contribution in [0.1, 0.15) is 73.1 Å². The standard InChI is InChI=1S/C34H37FN6O4/c1-44-26-7-6-24(35)18-25(26)31(43)37-19-21-2-4-22(5-3-21)27-28-30(36)38-20-39-41(28)32(40-27)34-13-10-33(11-14-34,12-15-34)29(42)23-8-16-45-17-9-23/h2-7,18,20,23H,8-17,19H2,1H3,(H,37,43)(H2,36,38,39). The van der Waals surface area contributed by atoms with Crippen molar-refractivity contribution in [1.29, 1.82) is 0 Å². The molecule has 2 aromatic carbocycles. The quantitative estimate of drug-likeness (QED) is 0.283. The van der Waals surface area contributed by atoms with Crippen molar-refractivity contribution < 1.29 is 23.5 Å². The molecule has 3 aliphatic carbocycles. The number of hydrogen-bond donors (Lipinski definition) is 2. The first-order valence-electron chi connectivity index (χ1n) is 15.7. The summed E-state index contributed by atoms with van der Waals surface area (Å²) in [6.45, 7) is 1.61. The number of nitrogens with two attached hydrogens (primary N) is 1. The number of hydrogen-bond acceptors (Lipinski definition) is 8. The highest BCUT2D eigenvalue weighted by Gasteiger charge is 2.55. The molecule has 1 aliphatic heterocycles. The summed E-state index contributed by atoms with van der Waals surface area (Å²) in [6.07, 6.45) is 8.42. The van der Waals surface area contributed by atoms with Gasteiger partial charge in [-0.05, 0) is 75.1 Å². The van der Waals surface area contributed by atoms with Crippen LogP contribution in [-0.2, 0) is 21.5 Å². The van der Waals surface area contributed by atoms with Gasteiger partial charge in [-0.2, -0.15) is 5.10 Å². The third kappa shape index (κ3) is 5.12. The zero-order valence-electron chi connectivity index (χ0n) is 25.4. The highest BCUT2D eigenvalue weighted by Crippen LogP contribution is 2.59. The summed E-state index contributed by atoms with van der Waals surface area (Å²) < 4.78 is 26.3. The minimum absolute atomic E-state index is 0.121. The highest BCUT2D eigenvalue weighted by molar-refractivity contribution is 5.97. The van der Waals surface area contributed by atoms with Crippen molar-refractivity contribution in [3.05, 3.63) is 71.6 Å². The Kier molecular flexibility index (Phi) is 7.51. The molecule has 10 nitrogen and oxygen atoms in total. The zero-order chi connectivity index (χ0) is 31.2. The molecule has 1 saturated heterocycles. The topological polar surface area (TPSA) is 134 Å². The van der Waals surface area contributed by atoms with E-state index in [4.69, 9.17) is 20.2 Å². The van der Waals surface area contributed by atoms with Gasteiger partial charge in [0.2, 0.25) is 0 Å². The smallest absolute Gasteiger partial charge is 0.255 e. The van der Waals surface area contributed by atoms with Crippen LogP contribution in [0.3, 0.4) is 0 Å². The number of nitrogens with zero attached hydrogens (tertiary/aromatic N) is 4. The van der Waals surface area contributed by atoms with Gasteiger partial charge in [-0.1, -0.05) is 24.3 Å². The number of nitrogens with one attached hydrogen (secondary N) is 1. The largest absolute Gasteiger partial charge is 0.496 e. The number of ketones is 1. The number of benzene rings is 2. The van der Waals surface area contributed by atoms with Crippen LogP contribution in [-0.4, -0.2) is 51.6 Å². The SMILES string of the molecule is COc1ccc(F)cc1C(=O)NCc1ccc(-c2nc(C34CCC(C(=O)C5CCOCC5)(CC3)CC4)n3ncnc(N)c23)cc1. The van der Waals surface area contributed by atoms with Gasteiger partial charge in [0, 0.05) is 42.1 Å². The van der Waals surface area contributed by atoms with Crippen LogP contribution in [0.15, 0.2) is 48.8 Å². The van der Waals surface area contributed by atoms with E-state index in [0.29, 0.717) is 41.8 Å². The molecule has 3 heterocycles. The number of aromatic nitrogens is 4. The van der Waals surface area contributed by atoms with Crippen LogP contribution < -0.4 is 15.8 Å². The predicted molar refractivity (Wildman–Crippen MR) is 165 cm³/mol. The molecular weight excluding hydrogens is 575 g/mol. The van der Waals surface area contributed by atoms with Crippen molar-refractivity contribution in [2.75, 3.05) is 26.1 Å². The van der Waals surface area contributed by atoms with E-state index >= 15 is 0 Å². The summed E-state index contributed by atoms with van der Waals surface area (Å²) in [5.74, 6) is 1.17. The number of carbonyl (C=O) groups is 2. The van der Waals surface area contributed by atoms with E-state index in [-0.39, 0.29) is 28.9 Å². The molecule has 4 aromatic rings. The number of methoxy groups -OCH3 is 1. The van der Waals surface area contributed by atoms with E-state index in [1.54, 1.807) is 0 Å². The second-order valence-corrected chi connectivity index (χ2v) is 12.7. The first-order chi connectivity index (χ1) is 21.8. The summed E-state index contributed by atoms with van der Waals surface area (Å²) in [5.41, 5.74) is 9.25. The highest BCUT2D eigenvalue weighted by atomic mass is 19.1. The summed E-state index contributed by atoms with van der Waals surface area (Å²) in [6, 6.07) is 11.6. The fourth-order valence-electron chi connectivity index (χ4n) is 7.70. The van der Waals surface area contributed by atoms with Crippen LogP contribution in [0, 0.1) is 17.2 Å². The molecule has 3 N–H and O–H groups in total. The molecule has 234 valence electrons. The van der Waals surface area contributed by atoms with Gasteiger partial charge in [0.05, 0.1) is 12.7 Å². The zero-order valence-corrected chi connectivity index (χ0v) is 25.4. The van der Waals surface area contributed by atoms with E-state index in [1.165, 1.54) is 25.6 Å². The molecule has 0 spiro atoms. The van der Waals surface area contributed by atoms with Gasteiger partial charge in [0.1, 0.15) is 40.7 Å². The van der Waals surface area contributed by atoms with Crippen molar-refractivity contribution in [1.82, 2.24) is 24.9 Å². The van der Waals surface area contributed by atoms with E-state index in [2.05, 4.69) is 15.4 Å². The Labute approximate surface area is 260 Å². The molecule has 45 heavy (non-hydrogen) atoms. The number of anilines is 1. The summed E-state index contributed by atoms with van der Waals surface area (Å²) >= 11 is 0. The van der Waals surface area contributed by atoms with Gasteiger partial charge in [-0.25, -0.2) is 18.9 Å². The molecule has 2 aromatic heterocycles. The van der Waals surface area contributed by atoms with Crippen LogP contribution in [0.5, 0.6) is 5.75 Å². The fraction of sp³-hybridized carbons (Fsp3) is 0.441. The molecule has 0 unspecified atom stereocenters. The van der Waals surface area contributed by atoms with E-state index in [0.717, 1.165) is 74.4 Å². The van der Waals surface area contributed by atoms with Crippen LogP contribution in [0.4, 0.5) is 10.2 Å². The first-order valence-corrected chi connectivity index (χ1v) is 15.7. The molecule has 1 amide bonds. The fourth-order valence-corrected chi connectivity index (χ4v) is 7.70. The lowest BCUT2D eigenvalue weighted by atomic mass is 9.51. The molecule has 11 heteroatoms.